The molecule has 0 radical (unpaired) electrons. The van der Waals surface area contributed by atoms with Crippen molar-refractivity contribution in [2.75, 3.05) is 26.4 Å². The fourth-order valence-corrected chi connectivity index (χ4v) is 2.80. The Balaban J connectivity index is 1.77. The van der Waals surface area contributed by atoms with E-state index in [-0.39, 0.29) is 0 Å². The van der Waals surface area contributed by atoms with Gasteiger partial charge >= 0.3 is 0 Å². The molecular weight excluding hydrogens is 196 g/mol. The zero-order chi connectivity index (χ0) is 10.2. The van der Waals surface area contributed by atoms with Crippen LogP contribution in [-0.4, -0.2) is 41.6 Å². The molecule has 0 N–H and O–H groups in total. The molecule has 1 aliphatic rings. The highest BCUT2D eigenvalue weighted by molar-refractivity contribution is 6.50. The van der Waals surface area contributed by atoms with E-state index in [4.69, 9.17) is 13.9 Å². The van der Waals surface area contributed by atoms with Crippen LogP contribution in [0.1, 0.15) is 19.8 Å². The van der Waals surface area contributed by atoms with Crippen LogP contribution in [0, 0.1) is 0 Å². The summed E-state index contributed by atoms with van der Waals surface area (Å²) < 4.78 is 16.2. The first kappa shape index (κ1) is 12.2. The van der Waals surface area contributed by atoms with Crippen molar-refractivity contribution < 1.29 is 13.9 Å². The van der Waals surface area contributed by atoms with Crippen LogP contribution in [-0.2, 0) is 13.9 Å². The van der Waals surface area contributed by atoms with Crippen molar-refractivity contribution in [2.45, 2.75) is 38.5 Å². The van der Waals surface area contributed by atoms with Gasteiger partial charge in [0.05, 0.1) is 13.2 Å². The third kappa shape index (κ3) is 6.54. The summed E-state index contributed by atoms with van der Waals surface area (Å²) in [5.41, 5.74) is 0. The molecule has 1 fully saturated rings. The molecule has 0 aromatic heterocycles. The zero-order valence-electron chi connectivity index (χ0n) is 9.33. The maximum absolute atomic E-state index is 5.69. The normalized spacial score (nSPS) is 22.3. The second-order valence-electron chi connectivity index (χ2n) is 3.85. The SMILES string of the molecule is CCCO[SiH](C)CCCOCC1CO1. The van der Waals surface area contributed by atoms with Gasteiger partial charge in [-0.3, -0.25) is 0 Å². The van der Waals surface area contributed by atoms with Crippen molar-refractivity contribution in [3.05, 3.63) is 0 Å². The van der Waals surface area contributed by atoms with Crippen molar-refractivity contribution in [3.8, 4) is 0 Å². The van der Waals surface area contributed by atoms with Gasteiger partial charge in [0.25, 0.3) is 0 Å². The highest BCUT2D eigenvalue weighted by Crippen LogP contribution is 2.09. The minimum atomic E-state index is -0.883. The van der Waals surface area contributed by atoms with Gasteiger partial charge in [-0.2, -0.15) is 0 Å². The Morgan fingerprint density at radius 3 is 2.86 bits per heavy atom. The quantitative estimate of drug-likeness (QED) is 0.334. The number of epoxide rings is 1. The summed E-state index contributed by atoms with van der Waals surface area (Å²) in [7, 11) is -0.883. The number of ether oxygens (including phenoxy) is 2. The van der Waals surface area contributed by atoms with Crippen LogP contribution in [0.5, 0.6) is 0 Å². The molecule has 3 nitrogen and oxygen atoms in total. The summed E-state index contributed by atoms with van der Waals surface area (Å²) in [5, 5.41) is 0. The molecule has 1 heterocycles. The molecule has 0 aliphatic carbocycles. The van der Waals surface area contributed by atoms with Crippen LogP contribution in [0.25, 0.3) is 0 Å². The minimum Gasteiger partial charge on any atom is -0.420 e. The zero-order valence-corrected chi connectivity index (χ0v) is 10.5. The molecule has 0 spiro atoms. The van der Waals surface area contributed by atoms with Crippen molar-refractivity contribution in [2.24, 2.45) is 0 Å². The summed E-state index contributed by atoms with van der Waals surface area (Å²) in [4.78, 5) is 0. The lowest BCUT2D eigenvalue weighted by atomic mass is 10.5. The molecule has 1 rings (SSSR count). The lowest BCUT2D eigenvalue weighted by molar-refractivity contribution is 0.116. The molecule has 1 aliphatic heterocycles. The number of hydrogen-bond donors (Lipinski definition) is 0. The molecule has 0 aromatic rings. The predicted molar refractivity (Wildman–Crippen MR) is 59.2 cm³/mol. The van der Waals surface area contributed by atoms with Gasteiger partial charge in [0.15, 0.2) is 9.04 Å². The van der Waals surface area contributed by atoms with Gasteiger partial charge in [-0.05, 0) is 25.4 Å². The van der Waals surface area contributed by atoms with Gasteiger partial charge in [0.2, 0.25) is 0 Å². The lowest BCUT2D eigenvalue weighted by Gasteiger charge is -2.10. The van der Waals surface area contributed by atoms with Gasteiger partial charge in [-0.25, -0.2) is 0 Å². The average molecular weight is 218 g/mol. The Kier molecular flexibility index (Phi) is 6.43. The Morgan fingerprint density at radius 1 is 1.43 bits per heavy atom. The van der Waals surface area contributed by atoms with Gasteiger partial charge in [-0.15, -0.1) is 0 Å². The monoisotopic (exact) mass is 218 g/mol. The van der Waals surface area contributed by atoms with Crippen LogP contribution >= 0.6 is 0 Å². The van der Waals surface area contributed by atoms with Gasteiger partial charge in [-0.1, -0.05) is 6.92 Å². The summed E-state index contributed by atoms with van der Waals surface area (Å²) in [5.74, 6) is 0. The van der Waals surface area contributed by atoms with Gasteiger partial charge in [0, 0.05) is 13.2 Å². The van der Waals surface area contributed by atoms with Crippen molar-refractivity contribution in [3.63, 3.8) is 0 Å². The lowest BCUT2D eigenvalue weighted by Crippen LogP contribution is -2.14. The van der Waals surface area contributed by atoms with Crippen molar-refractivity contribution >= 4 is 9.04 Å². The minimum absolute atomic E-state index is 0.404. The molecule has 0 saturated carbocycles. The summed E-state index contributed by atoms with van der Waals surface area (Å²) in [6.45, 7) is 7.90. The summed E-state index contributed by atoms with van der Waals surface area (Å²) in [6, 6.07) is 1.23. The fourth-order valence-electron chi connectivity index (χ4n) is 1.25. The van der Waals surface area contributed by atoms with E-state index in [1.54, 1.807) is 0 Å². The molecule has 0 aromatic carbocycles. The summed E-state index contributed by atoms with van der Waals surface area (Å²) in [6.07, 6.45) is 2.68. The van der Waals surface area contributed by atoms with E-state index >= 15 is 0 Å². The Labute approximate surface area is 88.5 Å². The fraction of sp³-hybridized carbons (Fsp3) is 1.00. The third-order valence-electron chi connectivity index (χ3n) is 2.21. The Hall–Kier alpha value is 0.0969. The van der Waals surface area contributed by atoms with Crippen LogP contribution < -0.4 is 0 Å². The Morgan fingerprint density at radius 2 is 2.21 bits per heavy atom. The van der Waals surface area contributed by atoms with Crippen molar-refractivity contribution in [1.29, 1.82) is 0 Å². The first-order valence-corrected chi connectivity index (χ1v) is 8.08. The molecule has 14 heavy (non-hydrogen) atoms. The maximum Gasteiger partial charge on any atom is 0.173 e. The van der Waals surface area contributed by atoms with Crippen LogP contribution in [0.4, 0.5) is 0 Å². The molecule has 2 atom stereocenters. The highest BCUT2D eigenvalue weighted by Gasteiger charge is 2.21. The van der Waals surface area contributed by atoms with E-state index in [2.05, 4.69) is 13.5 Å². The third-order valence-corrected chi connectivity index (χ3v) is 4.24. The van der Waals surface area contributed by atoms with E-state index in [0.29, 0.717) is 6.10 Å². The van der Waals surface area contributed by atoms with E-state index in [1.165, 1.54) is 6.04 Å². The summed E-state index contributed by atoms with van der Waals surface area (Å²) >= 11 is 0. The molecule has 4 heteroatoms. The highest BCUT2D eigenvalue weighted by atomic mass is 28.3. The molecule has 0 bridgehead atoms. The van der Waals surface area contributed by atoms with Gasteiger partial charge in [0.1, 0.15) is 6.10 Å². The second kappa shape index (κ2) is 7.40. The molecule has 1 saturated heterocycles. The topological polar surface area (TPSA) is 31.0 Å². The van der Waals surface area contributed by atoms with Crippen LogP contribution in [0.2, 0.25) is 12.6 Å². The van der Waals surface area contributed by atoms with E-state index < -0.39 is 9.04 Å². The first-order valence-electron chi connectivity index (χ1n) is 5.64. The molecule has 0 amide bonds. The standard InChI is InChI=1S/C10H22O3Si/c1-3-5-13-14(2)7-4-6-11-8-10-9-12-10/h10,14H,3-9H2,1-2H3. The smallest absolute Gasteiger partial charge is 0.173 e. The number of hydrogen-bond acceptors (Lipinski definition) is 3. The predicted octanol–water partition coefficient (Wildman–Crippen LogP) is 1.57. The average Bonchev–Trinajstić information content (AvgIpc) is 2.98. The van der Waals surface area contributed by atoms with E-state index in [0.717, 1.165) is 39.3 Å². The van der Waals surface area contributed by atoms with Crippen LogP contribution in [0.3, 0.4) is 0 Å². The second-order valence-corrected chi connectivity index (χ2v) is 6.39. The molecule has 84 valence electrons. The maximum atomic E-state index is 5.69. The van der Waals surface area contributed by atoms with Gasteiger partial charge < -0.3 is 13.9 Å². The first-order chi connectivity index (χ1) is 6.83. The van der Waals surface area contributed by atoms with E-state index in [9.17, 15) is 0 Å². The number of rotatable bonds is 9. The Bertz CT molecular complexity index is 139. The van der Waals surface area contributed by atoms with E-state index in [1.807, 2.05) is 0 Å². The molecular formula is C10H22O3Si. The largest absolute Gasteiger partial charge is 0.420 e. The van der Waals surface area contributed by atoms with Crippen molar-refractivity contribution in [1.82, 2.24) is 0 Å². The molecule has 2 unspecified atom stereocenters. The van der Waals surface area contributed by atoms with Crippen LogP contribution in [0.15, 0.2) is 0 Å².